The second-order valence-electron chi connectivity index (χ2n) is 11.5. The van der Waals surface area contributed by atoms with Crippen molar-refractivity contribution in [3.8, 4) is 23.6 Å². The molecular formula is C35H46N2O3. The van der Waals surface area contributed by atoms with Crippen LogP contribution >= 0.6 is 0 Å². The van der Waals surface area contributed by atoms with Gasteiger partial charge in [0.05, 0.1) is 17.7 Å². The molecule has 2 aromatic carbocycles. The van der Waals surface area contributed by atoms with Crippen LogP contribution in [0.3, 0.4) is 0 Å². The van der Waals surface area contributed by atoms with Gasteiger partial charge in [-0.15, -0.1) is 0 Å². The molecule has 3 rings (SSSR count). The Bertz CT molecular complexity index is 1150. The van der Waals surface area contributed by atoms with E-state index in [0.29, 0.717) is 35.3 Å². The van der Waals surface area contributed by atoms with E-state index in [-0.39, 0.29) is 11.3 Å². The average molecular weight is 543 g/mol. The van der Waals surface area contributed by atoms with Gasteiger partial charge in [0.15, 0.2) is 0 Å². The number of carbonyl (C=O) groups is 1. The van der Waals surface area contributed by atoms with Crippen LogP contribution in [0.25, 0.3) is 0 Å². The van der Waals surface area contributed by atoms with E-state index in [4.69, 9.17) is 9.47 Å². The number of esters is 1. The van der Waals surface area contributed by atoms with Crippen molar-refractivity contribution < 1.29 is 14.3 Å². The number of nitriles is 2. The first-order valence-electron chi connectivity index (χ1n) is 15.4. The van der Waals surface area contributed by atoms with E-state index in [1.165, 1.54) is 57.8 Å². The van der Waals surface area contributed by atoms with E-state index in [1.807, 2.05) is 6.07 Å². The van der Waals surface area contributed by atoms with Gasteiger partial charge in [0, 0.05) is 0 Å². The summed E-state index contributed by atoms with van der Waals surface area (Å²) in [5, 5.41) is 19.7. The highest BCUT2D eigenvalue weighted by Crippen LogP contribution is 2.35. The van der Waals surface area contributed by atoms with Crippen LogP contribution in [-0.2, 0) is 6.42 Å². The van der Waals surface area contributed by atoms with Gasteiger partial charge in [-0.1, -0.05) is 84.6 Å². The normalized spacial score (nSPS) is 17.4. The first kappa shape index (κ1) is 31.2. The molecule has 2 aromatic rings. The molecule has 1 atom stereocenters. The third kappa shape index (κ3) is 9.41. The molecule has 0 unspecified atom stereocenters. The molecule has 1 aliphatic rings. The summed E-state index contributed by atoms with van der Waals surface area (Å²) in [5.74, 6) is 2.51. The fourth-order valence-corrected chi connectivity index (χ4v) is 5.68. The van der Waals surface area contributed by atoms with Crippen molar-refractivity contribution in [2.24, 2.45) is 17.8 Å². The number of benzene rings is 2. The third-order valence-corrected chi connectivity index (χ3v) is 8.58. The highest BCUT2D eigenvalue weighted by atomic mass is 16.5. The summed E-state index contributed by atoms with van der Waals surface area (Å²) in [6, 6.07) is 14.7. The van der Waals surface area contributed by atoms with Gasteiger partial charge < -0.3 is 9.47 Å². The molecule has 0 bridgehead atoms. The largest absolute Gasteiger partial charge is 0.494 e. The minimum Gasteiger partial charge on any atom is -0.494 e. The molecule has 0 aliphatic heterocycles. The molecule has 214 valence electrons. The second kappa shape index (κ2) is 16.7. The molecule has 1 fully saturated rings. The molecule has 5 nitrogen and oxygen atoms in total. The molecule has 0 radical (unpaired) electrons. The summed E-state index contributed by atoms with van der Waals surface area (Å²) >= 11 is 0. The maximum atomic E-state index is 12.8. The molecule has 0 spiro atoms. The Balaban J connectivity index is 1.55. The molecule has 40 heavy (non-hydrogen) atoms. The molecule has 0 aromatic heterocycles. The molecule has 0 N–H and O–H groups in total. The molecular weight excluding hydrogens is 496 g/mol. The predicted octanol–water partition coefficient (Wildman–Crippen LogP) is 9.17. The molecule has 1 saturated carbocycles. The number of aryl methyl sites for hydroxylation is 1. The van der Waals surface area contributed by atoms with E-state index >= 15 is 0 Å². The topological polar surface area (TPSA) is 83.1 Å². The fraction of sp³-hybridized carbons (Fsp3) is 0.571. The summed E-state index contributed by atoms with van der Waals surface area (Å²) in [4.78, 5) is 12.8. The third-order valence-electron chi connectivity index (χ3n) is 8.58. The maximum Gasteiger partial charge on any atom is 0.343 e. The van der Waals surface area contributed by atoms with Crippen molar-refractivity contribution >= 4 is 5.97 Å². The Morgan fingerprint density at radius 2 is 1.57 bits per heavy atom. The monoisotopic (exact) mass is 542 g/mol. The lowest BCUT2D eigenvalue weighted by atomic mass is 9.77. The molecule has 1 aliphatic carbocycles. The van der Waals surface area contributed by atoms with Crippen molar-refractivity contribution in [2.45, 2.75) is 104 Å². The molecule has 0 amide bonds. The summed E-state index contributed by atoms with van der Waals surface area (Å²) in [7, 11) is 0. The van der Waals surface area contributed by atoms with Crippen LogP contribution in [0.1, 0.15) is 125 Å². The van der Waals surface area contributed by atoms with Gasteiger partial charge in [-0.3, -0.25) is 0 Å². The fourth-order valence-electron chi connectivity index (χ4n) is 5.68. The predicted molar refractivity (Wildman–Crippen MR) is 159 cm³/mol. The Hall–Kier alpha value is -3.31. The van der Waals surface area contributed by atoms with E-state index in [2.05, 4.69) is 32.9 Å². The minimum atomic E-state index is -0.563. The molecule has 0 heterocycles. The maximum absolute atomic E-state index is 12.8. The Kier molecular flexibility index (Phi) is 13.0. The zero-order valence-corrected chi connectivity index (χ0v) is 24.7. The van der Waals surface area contributed by atoms with Gasteiger partial charge in [0.2, 0.25) is 0 Å². The van der Waals surface area contributed by atoms with Gasteiger partial charge in [-0.05, 0) is 79.3 Å². The van der Waals surface area contributed by atoms with Gasteiger partial charge in [-0.2, -0.15) is 10.5 Å². The van der Waals surface area contributed by atoms with Crippen LogP contribution in [-0.4, -0.2) is 12.6 Å². The van der Waals surface area contributed by atoms with E-state index in [9.17, 15) is 15.3 Å². The number of unbranched alkanes of at least 4 members (excludes halogenated alkanes) is 2. The smallest absolute Gasteiger partial charge is 0.343 e. The van der Waals surface area contributed by atoms with Crippen LogP contribution in [0.15, 0.2) is 36.4 Å². The van der Waals surface area contributed by atoms with Gasteiger partial charge in [-0.25, -0.2) is 4.79 Å². The summed E-state index contributed by atoms with van der Waals surface area (Å²) in [6.45, 7) is 7.33. The Labute approximate surface area is 241 Å². The average Bonchev–Trinajstić information content (AvgIpc) is 2.99. The number of hydrogen-bond donors (Lipinski definition) is 0. The van der Waals surface area contributed by atoms with E-state index in [0.717, 1.165) is 37.2 Å². The molecule has 5 heteroatoms. The van der Waals surface area contributed by atoms with Crippen molar-refractivity contribution in [3.63, 3.8) is 0 Å². The van der Waals surface area contributed by atoms with Crippen LogP contribution in [0.2, 0.25) is 0 Å². The van der Waals surface area contributed by atoms with E-state index in [1.54, 1.807) is 30.3 Å². The second-order valence-corrected chi connectivity index (χ2v) is 11.5. The summed E-state index contributed by atoms with van der Waals surface area (Å²) < 4.78 is 11.4. The Morgan fingerprint density at radius 3 is 2.20 bits per heavy atom. The van der Waals surface area contributed by atoms with Gasteiger partial charge in [0.1, 0.15) is 29.2 Å². The van der Waals surface area contributed by atoms with Crippen LogP contribution in [0.5, 0.6) is 11.5 Å². The highest BCUT2D eigenvalue weighted by Gasteiger charge is 2.22. The van der Waals surface area contributed by atoms with Crippen molar-refractivity contribution in [1.29, 1.82) is 10.5 Å². The standard InChI is InChI=1S/C35H46N2O3/c1-4-6-7-10-27-11-13-28(14-12-27)15-16-29-19-22-34(33(25-37)32(29)24-36)40-35(38)30-17-20-31(21-18-30)39-23-8-9-26(3)5-2/h17-22,26-28H,4-16,23H2,1-3H3/t26-,27-,28-/m0/s1. The lowest BCUT2D eigenvalue weighted by Crippen LogP contribution is -2.15. The quantitative estimate of drug-likeness (QED) is 0.127. The first-order chi connectivity index (χ1) is 19.5. The lowest BCUT2D eigenvalue weighted by Gasteiger charge is -2.28. The zero-order valence-electron chi connectivity index (χ0n) is 24.7. The van der Waals surface area contributed by atoms with Crippen molar-refractivity contribution in [2.75, 3.05) is 6.61 Å². The summed E-state index contributed by atoms with van der Waals surface area (Å²) in [5.41, 5.74) is 1.68. The summed E-state index contributed by atoms with van der Waals surface area (Å²) in [6.07, 6.45) is 15.5. The first-order valence-corrected chi connectivity index (χ1v) is 15.4. The number of ether oxygens (including phenoxy) is 2. The Morgan fingerprint density at radius 1 is 0.900 bits per heavy atom. The number of carbonyl (C=O) groups excluding carboxylic acids is 1. The van der Waals surface area contributed by atoms with Gasteiger partial charge >= 0.3 is 5.97 Å². The molecule has 0 saturated heterocycles. The van der Waals surface area contributed by atoms with Crippen molar-refractivity contribution in [3.05, 3.63) is 58.7 Å². The number of hydrogen-bond acceptors (Lipinski definition) is 5. The van der Waals surface area contributed by atoms with Crippen LogP contribution < -0.4 is 9.47 Å². The highest BCUT2D eigenvalue weighted by molar-refractivity contribution is 5.91. The van der Waals surface area contributed by atoms with Crippen LogP contribution in [0.4, 0.5) is 0 Å². The number of rotatable bonds is 15. The van der Waals surface area contributed by atoms with Gasteiger partial charge in [0.25, 0.3) is 0 Å². The zero-order chi connectivity index (χ0) is 28.7. The SMILES string of the molecule is CCCCC[C@H]1CC[C@H](CCc2ccc(OC(=O)c3ccc(OCCC[C@@H](C)CC)cc3)c(C#N)c2C#N)CC1. The number of nitrogens with zero attached hydrogens (tertiary/aromatic N) is 2. The van der Waals surface area contributed by atoms with Crippen molar-refractivity contribution in [1.82, 2.24) is 0 Å². The van der Waals surface area contributed by atoms with E-state index < -0.39 is 5.97 Å². The van der Waals surface area contributed by atoms with Crippen LogP contribution in [0, 0.1) is 40.4 Å². The minimum absolute atomic E-state index is 0.130. The lowest BCUT2D eigenvalue weighted by molar-refractivity contribution is 0.0734.